The molecular weight excluding hydrogens is 476 g/mol. The van der Waals surface area contributed by atoms with E-state index in [2.05, 4.69) is 21.1 Å². The second-order valence-corrected chi connectivity index (χ2v) is 9.88. The molecule has 0 saturated carbocycles. The van der Waals surface area contributed by atoms with E-state index in [4.69, 9.17) is 5.10 Å². The van der Waals surface area contributed by atoms with Crippen molar-refractivity contribution in [3.63, 3.8) is 0 Å². The number of alkyl halides is 2. The van der Waals surface area contributed by atoms with E-state index in [0.717, 1.165) is 41.9 Å². The molecule has 2 aromatic heterocycles. The molecule has 1 fully saturated rings. The Balaban J connectivity index is 1.21. The molecule has 7 nitrogen and oxygen atoms in total. The molecule has 2 amide bonds. The summed E-state index contributed by atoms with van der Waals surface area (Å²) in [6, 6.07) is 18.5. The van der Waals surface area contributed by atoms with E-state index in [9.17, 15) is 13.6 Å². The molecule has 37 heavy (non-hydrogen) atoms. The Morgan fingerprint density at radius 3 is 2.70 bits per heavy atom. The summed E-state index contributed by atoms with van der Waals surface area (Å²) < 4.78 is 31.9. The number of pyridine rings is 1. The fourth-order valence-electron chi connectivity index (χ4n) is 5.59. The highest BCUT2D eigenvalue weighted by atomic mass is 19.3. The summed E-state index contributed by atoms with van der Waals surface area (Å²) in [6.45, 7) is 1.25. The van der Waals surface area contributed by atoms with Crippen molar-refractivity contribution in [2.45, 2.75) is 44.4 Å². The molecular formula is C28H27F2N5O2. The van der Waals surface area contributed by atoms with Gasteiger partial charge in [0.25, 0.3) is 0 Å². The maximum absolute atomic E-state index is 13.1. The molecule has 6 rings (SSSR count). The lowest BCUT2D eigenvalue weighted by Gasteiger charge is -2.25. The van der Waals surface area contributed by atoms with E-state index in [0.29, 0.717) is 24.0 Å². The monoisotopic (exact) mass is 503 g/mol. The summed E-state index contributed by atoms with van der Waals surface area (Å²) in [5.74, 6) is 0.0960. The highest BCUT2D eigenvalue weighted by Gasteiger charge is 2.47. The van der Waals surface area contributed by atoms with Crippen LogP contribution in [0.2, 0.25) is 0 Å². The summed E-state index contributed by atoms with van der Waals surface area (Å²) in [6.07, 6.45) is 3.58. The van der Waals surface area contributed by atoms with E-state index >= 15 is 0 Å². The minimum absolute atomic E-state index is 0.0491. The van der Waals surface area contributed by atoms with Gasteiger partial charge in [-0.05, 0) is 55.7 Å². The highest BCUT2D eigenvalue weighted by Crippen LogP contribution is 2.44. The van der Waals surface area contributed by atoms with Crippen LogP contribution in [0.3, 0.4) is 0 Å². The second-order valence-electron chi connectivity index (χ2n) is 9.88. The molecule has 190 valence electrons. The van der Waals surface area contributed by atoms with E-state index < -0.39 is 6.61 Å². The van der Waals surface area contributed by atoms with E-state index in [1.165, 1.54) is 6.07 Å². The quantitative estimate of drug-likeness (QED) is 0.389. The predicted octanol–water partition coefficient (Wildman–Crippen LogP) is 5.52. The Kier molecular flexibility index (Phi) is 5.78. The van der Waals surface area contributed by atoms with Crippen LogP contribution in [-0.2, 0) is 12.0 Å². The number of rotatable bonds is 5. The molecule has 1 N–H and O–H groups in total. The number of fused-ring (bicyclic) bond motifs is 3. The number of hydrogen-bond acceptors (Lipinski definition) is 4. The van der Waals surface area contributed by atoms with Crippen molar-refractivity contribution < 1.29 is 18.3 Å². The maximum atomic E-state index is 13.1. The number of halogens is 2. The molecule has 1 spiro atoms. The van der Waals surface area contributed by atoms with Crippen molar-refractivity contribution in [2.24, 2.45) is 0 Å². The number of nitrogens with one attached hydrogen (secondary N) is 1. The van der Waals surface area contributed by atoms with Crippen LogP contribution in [-0.4, -0.2) is 45.4 Å². The summed E-state index contributed by atoms with van der Waals surface area (Å²) in [7, 11) is 0. The minimum atomic E-state index is -2.88. The van der Waals surface area contributed by atoms with Gasteiger partial charge in [0.15, 0.2) is 0 Å². The van der Waals surface area contributed by atoms with Gasteiger partial charge in [0.2, 0.25) is 0 Å². The van der Waals surface area contributed by atoms with Crippen LogP contribution in [0.1, 0.15) is 37.1 Å². The normalized spacial score (nSPS) is 19.5. The van der Waals surface area contributed by atoms with Gasteiger partial charge < -0.3 is 15.0 Å². The molecule has 0 radical (unpaired) electrons. The van der Waals surface area contributed by atoms with Gasteiger partial charge in [-0.3, -0.25) is 9.67 Å². The molecule has 1 saturated heterocycles. The van der Waals surface area contributed by atoms with Crippen LogP contribution < -0.4 is 10.1 Å². The number of ether oxygens (including phenoxy) is 1. The van der Waals surface area contributed by atoms with Crippen LogP contribution in [0.25, 0.3) is 22.2 Å². The van der Waals surface area contributed by atoms with Gasteiger partial charge in [-0.25, -0.2) is 4.79 Å². The molecule has 2 aromatic carbocycles. The molecule has 0 aliphatic carbocycles. The molecule has 0 bridgehead atoms. The summed E-state index contributed by atoms with van der Waals surface area (Å²) in [4.78, 5) is 19.4. The van der Waals surface area contributed by atoms with Gasteiger partial charge in [-0.15, -0.1) is 0 Å². The maximum Gasteiger partial charge on any atom is 0.387 e. The van der Waals surface area contributed by atoms with Crippen molar-refractivity contribution >= 4 is 16.9 Å². The summed E-state index contributed by atoms with van der Waals surface area (Å²) in [5.41, 5.74) is 4.36. The van der Waals surface area contributed by atoms with Gasteiger partial charge >= 0.3 is 12.6 Å². The second kappa shape index (κ2) is 9.14. The number of hydrogen-bond donors (Lipinski definition) is 1. The Morgan fingerprint density at radius 1 is 1.08 bits per heavy atom. The zero-order valence-corrected chi connectivity index (χ0v) is 20.4. The largest absolute Gasteiger partial charge is 0.435 e. The molecule has 2 atom stereocenters. The van der Waals surface area contributed by atoms with Crippen LogP contribution in [0.4, 0.5) is 13.6 Å². The number of aromatic nitrogens is 3. The van der Waals surface area contributed by atoms with Gasteiger partial charge in [0, 0.05) is 47.9 Å². The summed E-state index contributed by atoms with van der Waals surface area (Å²) >= 11 is 0. The fraction of sp³-hybridized carbons (Fsp3) is 0.321. The van der Waals surface area contributed by atoms with Crippen molar-refractivity contribution in [3.8, 4) is 17.0 Å². The average molecular weight is 504 g/mol. The Labute approximate surface area is 213 Å². The van der Waals surface area contributed by atoms with E-state index in [1.807, 2.05) is 52.9 Å². The Morgan fingerprint density at radius 2 is 1.89 bits per heavy atom. The number of urea groups is 1. The highest BCUT2D eigenvalue weighted by molar-refractivity contribution is 5.84. The third kappa shape index (κ3) is 4.39. The minimum Gasteiger partial charge on any atom is -0.435 e. The molecule has 2 aliphatic rings. The number of nitrogens with zero attached hydrogens (tertiary/aromatic N) is 4. The lowest BCUT2D eigenvalue weighted by molar-refractivity contribution is -0.0497. The van der Waals surface area contributed by atoms with E-state index in [1.54, 1.807) is 18.3 Å². The lowest BCUT2D eigenvalue weighted by Crippen LogP contribution is -2.41. The molecule has 1 unspecified atom stereocenters. The molecule has 2 aliphatic heterocycles. The van der Waals surface area contributed by atoms with Crippen molar-refractivity contribution in [1.29, 1.82) is 0 Å². The van der Waals surface area contributed by atoms with Crippen LogP contribution in [0.15, 0.2) is 66.9 Å². The van der Waals surface area contributed by atoms with Crippen LogP contribution in [0.5, 0.6) is 5.75 Å². The summed E-state index contributed by atoms with van der Waals surface area (Å²) in [5, 5.41) is 8.66. The number of carbonyl (C=O) groups is 1. The van der Waals surface area contributed by atoms with Gasteiger partial charge in [0.1, 0.15) is 5.75 Å². The number of benzene rings is 2. The third-order valence-corrected chi connectivity index (χ3v) is 7.58. The van der Waals surface area contributed by atoms with Gasteiger partial charge in [-0.1, -0.05) is 30.3 Å². The van der Waals surface area contributed by atoms with Crippen molar-refractivity contribution in [1.82, 2.24) is 25.0 Å². The first-order valence-electron chi connectivity index (χ1n) is 12.4. The average Bonchev–Trinajstić information content (AvgIpc) is 3.60. The van der Waals surface area contributed by atoms with Crippen molar-refractivity contribution in [2.75, 3.05) is 13.1 Å². The SMILES string of the molecule is C[C@@H](NC(=O)N1CCC2(CCn3nc(-c4cnc5ccc(OC(F)F)cc5c4)cc32)C1)c1ccccc1. The first-order chi connectivity index (χ1) is 17.9. The van der Waals surface area contributed by atoms with Crippen LogP contribution in [0, 0.1) is 0 Å². The standard InChI is InChI=1S/C28H27F2N5O2/c1-18(19-5-3-2-4-6-19)32-27(36)34-11-9-28(17-34)10-12-35-25(28)15-24(33-35)21-13-20-14-22(37-26(29)30)7-8-23(20)31-16-21/h2-8,13-16,18,26H,9-12,17H2,1H3,(H,32,36)/t18-,28?/m1/s1. The fourth-order valence-corrected chi connectivity index (χ4v) is 5.59. The van der Waals surface area contributed by atoms with Crippen LogP contribution >= 0.6 is 0 Å². The molecule has 4 heterocycles. The first-order valence-corrected chi connectivity index (χ1v) is 12.4. The zero-order chi connectivity index (χ0) is 25.6. The topological polar surface area (TPSA) is 72.3 Å². The van der Waals surface area contributed by atoms with Crippen molar-refractivity contribution in [3.05, 3.63) is 78.1 Å². The third-order valence-electron chi connectivity index (χ3n) is 7.58. The molecule has 4 aromatic rings. The van der Waals surface area contributed by atoms with E-state index in [-0.39, 0.29) is 23.2 Å². The van der Waals surface area contributed by atoms with Gasteiger partial charge in [-0.2, -0.15) is 13.9 Å². The van der Waals surface area contributed by atoms with Gasteiger partial charge in [0.05, 0.1) is 17.3 Å². The number of amides is 2. The number of likely N-dealkylation sites (tertiary alicyclic amines) is 1. The Bertz CT molecular complexity index is 1460. The predicted molar refractivity (Wildman–Crippen MR) is 135 cm³/mol. The first kappa shape index (κ1) is 23.4. The molecule has 9 heteroatoms. The number of carbonyl (C=O) groups excluding carboxylic acids is 1. The lowest BCUT2D eigenvalue weighted by atomic mass is 9.82. The smallest absolute Gasteiger partial charge is 0.387 e. The zero-order valence-electron chi connectivity index (χ0n) is 20.4. The Hall–Kier alpha value is -4.01. The number of aryl methyl sites for hydroxylation is 1.